The molecule has 9 atom stereocenters. The highest BCUT2D eigenvalue weighted by atomic mass is 16.6. The zero-order valence-corrected chi connectivity index (χ0v) is 37.8. The molecule has 368 valence electrons. The van der Waals surface area contributed by atoms with Gasteiger partial charge in [-0.3, -0.25) is 24.0 Å². The molecule has 2 spiro atoms. The van der Waals surface area contributed by atoms with Gasteiger partial charge in [0.1, 0.15) is 17.6 Å². The van der Waals surface area contributed by atoms with E-state index in [2.05, 4.69) is 20.4 Å². The Bertz CT molecular complexity index is 2630. The lowest BCUT2D eigenvalue weighted by Crippen LogP contribution is -2.74. The third-order valence-electron chi connectivity index (χ3n) is 15.5. The van der Waals surface area contributed by atoms with Gasteiger partial charge in [-0.25, -0.2) is 4.79 Å². The number of benzene rings is 2. The number of carboxylic acid groups (broad SMARTS) is 2. The van der Waals surface area contributed by atoms with E-state index < -0.39 is 82.5 Å². The number of ether oxygens (including phenoxy) is 4. The van der Waals surface area contributed by atoms with Gasteiger partial charge in [0, 0.05) is 61.3 Å². The molecule has 4 aliphatic heterocycles. The number of carboxylic acids is 2. The SMILES string of the molecule is CN1CC[C@]23c4c5ccc(O)c4O[C@H]2C(OC(=O)CCNC(=O)/C=C/C(=O)O)=CC[C@@]3(O)[C@H]1C5.CN1CC[C@]23c4c5ccc(O)c4O[C@H]2C(OC(=O)CCNC(=O)[C@@H](O)CC(=O)O)=CC[C@@]3(O)[C@H]1C5. The van der Waals surface area contributed by atoms with Gasteiger partial charge in [0.25, 0.3) is 0 Å². The van der Waals surface area contributed by atoms with Crippen LogP contribution in [0, 0.1) is 0 Å². The molecule has 2 saturated heterocycles. The molecule has 0 aromatic heterocycles. The minimum Gasteiger partial charge on any atom is -0.504 e. The summed E-state index contributed by atoms with van der Waals surface area (Å²) in [7, 11) is 3.97. The van der Waals surface area contributed by atoms with Crippen molar-refractivity contribution in [2.24, 2.45) is 0 Å². The molecule has 69 heavy (non-hydrogen) atoms. The molecule has 21 nitrogen and oxygen atoms in total. The van der Waals surface area contributed by atoms with Crippen LogP contribution in [0.15, 0.2) is 60.1 Å². The lowest BCUT2D eigenvalue weighted by Gasteiger charge is -2.61. The Morgan fingerprint density at radius 2 is 1.20 bits per heavy atom. The smallest absolute Gasteiger partial charge is 0.328 e. The first-order chi connectivity index (χ1) is 32.7. The summed E-state index contributed by atoms with van der Waals surface area (Å²) in [5, 5.41) is 76.6. The monoisotopic (exact) mass is 958 g/mol. The Balaban J connectivity index is 0.000000172. The van der Waals surface area contributed by atoms with Crippen LogP contribution < -0.4 is 20.1 Å². The second kappa shape index (κ2) is 17.5. The molecule has 4 aliphatic carbocycles. The molecule has 2 aromatic rings. The van der Waals surface area contributed by atoms with Crippen molar-refractivity contribution in [1.29, 1.82) is 0 Å². The molecule has 4 bridgehead atoms. The van der Waals surface area contributed by atoms with Gasteiger partial charge in [-0.15, -0.1) is 0 Å². The topological polar surface area (TPSA) is 311 Å². The second-order valence-corrected chi connectivity index (χ2v) is 19.0. The highest BCUT2D eigenvalue weighted by molar-refractivity contribution is 5.94. The average Bonchev–Trinajstić information content (AvgIpc) is 3.85. The molecule has 2 aromatic carbocycles. The molecular weight excluding hydrogens is 905 g/mol. The van der Waals surface area contributed by atoms with Crippen LogP contribution in [-0.4, -0.2) is 163 Å². The number of phenols is 2. The van der Waals surface area contributed by atoms with Gasteiger partial charge < -0.3 is 75.1 Å². The number of phenolic OH excluding ortho intramolecular Hbond substituents is 2. The molecular formula is C48H54N4O17. The predicted octanol–water partition coefficient (Wildman–Crippen LogP) is -0.0848. The minimum atomic E-state index is -1.71. The number of carbonyl (C=O) groups is 6. The Morgan fingerprint density at radius 3 is 1.65 bits per heavy atom. The lowest BCUT2D eigenvalue weighted by atomic mass is 9.50. The third kappa shape index (κ3) is 7.48. The first kappa shape index (κ1) is 47.5. The maximum absolute atomic E-state index is 12.6. The van der Waals surface area contributed by atoms with Crippen molar-refractivity contribution in [3.8, 4) is 23.0 Å². The lowest BCUT2D eigenvalue weighted by molar-refractivity contribution is -0.169. The van der Waals surface area contributed by atoms with Crippen molar-refractivity contribution in [3.05, 3.63) is 82.3 Å². The number of aromatic hydroxyl groups is 2. The Hall–Kier alpha value is -6.52. The number of esters is 2. The van der Waals surface area contributed by atoms with Gasteiger partial charge in [0.15, 0.2) is 35.2 Å². The normalized spacial score (nSPS) is 30.9. The summed E-state index contributed by atoms with van der Waals surface area (Å²) in [4.78, 5) is 73.8. The number of rotatable bonds is 13. The zero-order chi connectivity index (χ0) is 49.4. The summed E-state index contributed by atoms with van der Waals surface area (Å²) < 4.78 is 23.7. The quantitative estimate of drug-likeness (QED) is 0.0936. The predicted molar refractivity (Wildman–Crippen MR) is 236 cm³/mol. The van der Waals surface area contributed by atoms with Crippen molar-refractivity contribution in [2.75, 3.05) is 40.3 Å². The number of likely N-dealkylation sites (tertiary alicyclic amines) is 2. The van der Waals surface area contributed by atoms with Crippen molar-refractivity contribution >= 4 is 35.7 Å². The maximum atomic E-state index is 12.6. The van der Waals surface area contributed by atoms with Crippen LogP contribution >= 0.6 is 0 Å². The van der Waals surface area contributed by atoms with Crippen LogP contribution in [0.2, 0.25) is 0 Å². The fourth-order valence-electron chi connectivity index (χ4n) is 12.4. The summed E-state index contributed by atoms with van der Waals surface area (Å²) in [6, 6.07) is 6.61. The van der Waals surface area contributed by atoms with Gasteiger partial charge >= 0.3 is 23.9 Å². The first-order valence-corrected chi connectivity index (χ1v) is 22.8. The van der Waals surface area contributed by atoms with Gasteiger partial charge in [-0.2, -0.15) is 0 Å². The van der Waals surface area contributed by atoms with Crippen LogP contribution in [0.1, 0.15) is 67.2 Å². The molecule has 4 heterocycles. The van der Waals surface area contributed by atoms with Gasteiger partial charge in [0.2, 0.25) is 11.8 Å². The Kier molecular flexibility index (Phi) is 12.0. The molecule has 2 amide bonds. The van der Waals surface area contributed by atoms with Crippen molar-refractivity contribution in [3.63, 3.8) is 0 Å². The van der Waals surface area contributed by atoms with Crippen molar-refractivity contribution in [2.45, 2.75) is 110 Å². The number of hydrogen-bond donors (Lipinski definition) is 9. The number of nitrogens with zero attached hydrogens (tertiary/aromatic N) is 2. The molecule has 2 fully saturated rings. The van der Waals surface area contributed by atoms with Crippen LogP contribution in [0.4, 0.5) is 0 Å². The number of hydrogen-bond acceptors (Lipinski definition) is 17. The number of aliphatic hydroxyl groups is 3. The fourth-order valence-corrected chi connectivity index (χ4v) is 12.4. The Morgan fingerprint density at radius 1 is 0.739 bits per heavy atom. The second-order valence-electron chi connectivity index (χ2n) is 19.0. The summed E-state index contributed by atoms with van der Waals surface area (Å²) in [5.41, 5.74) is -0.410. The van der Waals surface area contributed by atoms with E-state index in [1.54, 1.807) is 24.3 Å². The van der Waals surface area contributed by atoms with Crippen LogP contribution in [0.3, 0.4) is 0 Å². The summed E-state index contributed by atoms with van der Waals surface area (Å²) >= 11 is 0. The molecule has 21 heteroatoms. The van der Waals surface area contributed by atoms with E-state index in [4.69, 9.17) is 29.2 Å². The largest absolute Gasteiger partial charge is 0.504 e. The zero-order valence-electron chi connectivity index (χ0n) is 37.8. The highest BCUT2D eigenvalue weighted by Crippen LogP contribution is 2.67. The number of nitrogens with one attached hydrogen (secondary N) is 2. The number of aliphatic hydroxyl groups excluding tert-OH is 1. The van der Waals surface area contributed by atoms with Gasteiger partial charge in [-0.05, 0) is 88.3 Å². The van der Waals surface area contributed by atoms with Crippen molar-refractivity contribution in [1.82, 2.24) is 20.4 Å². The van der Waals surface area contributed by atoms with E-state index in [1.165, 1.54) is 0 Å². The summed E-state index contributed by atoms with van der Waals surface area (Å²) in [6.07, 6.45) is 3.46. The Labute approximate surface area is 394 Å². The van der Waals surface area contributed by atoms with E-state index in [0.717, 1.165) is 34.9 Å². The number of carbonyl (C=O) groups excluding carboxylic acids is 4. The van der Waals surface area contributed by atoms with E-state index in [-0.39, 0.29) is 68.1 Å². The van der Waals surface area contributed by atoms with Gasteiger partial charge in [0.05, 0.1) is 41.3 Å². The third-order valence-corrected chi connectivity index (χ3v) is 15.5. The standard InChI is InChI=1S/C24H28N2O9.C24H26N2O8/c1-26-9-7-23-19-12-2-3-13(27)20(19)35-21(23)15(4-6-24(23,33)16(26)10-12)34-18(31)5-8-25-22(32)14(28)11-17(29)30;1-26-11-9-23-20-13-2-3-14(27)21(20)34-22(23)15(6-8-24(23,32)16(26)12-13)33-19(31)7-10-25-17(28)4-5-18(29)30/h2-4,14,16,21,27-28,33H,5-11H2,1H3,(H,25,32)(H,29,30);2-6,16,22,27,32H,7-12H2,1H3,(H,25,28)(H,29,30)/b;5-4+/t14-,16+,21-,23-,24+;16-,22+,23+,24-/m01/s1. The molecule has 10 rings (SSSR count). The van der Waals surface area contributed by atoms with E-state index >= 15 is 0 Å². The minimum absolute atomic E-state index is 0.00921. The van der Waals surface area contributed by atoms with Gasteiger partial charge in [-0.1, -0.05) is 12.1 Å². The average molecular weight is 959 g/mol. The van der Waals surface area contributed by atoms with E-state index in [0.29, 0.717) is 55.6 Å². The number of likely N-dealkylation sites (N-methyl/N-ethyl adjacent to an activating group) is 2. The summed E-state index contributed by atoms with van der Waals surface area (Å²) in [6.45, 7) is 1.24. The molecule has 8 aliphatic rings. The molecule has 0 radical (unpaired) electrons. The first-order valence-electron chi connectivity index (χ1n) is 22.8. The van der Waals surface area contributed by atoms with Crippen LogP contribution in [0.25, 0.3) is 0 Å². The number of aliphatic carboxylic acids is 2. The van der Waals surface area contributed by atoms with Crippen LogP contribution in [0.5, 0.6) is 23.0 Å². The summed E-state index contributed by atoms with van der Waals surface area (Å²) in [5.74, 6) is -4.18. The van der Waals surface area contributed by atoms with E-state index in [1.807, 2.05) is 26.2 Å². The number of amides is 2. The van der Waals surface area contributed by atoms with Crippen LogP contribution in [-0.2, 0) is 61.9 Å². The fraction of sp³-hybridized carbons (Fsp3) is 0.500. The molecule has 9 N–H and O–H groups in total. The van der Waals surface area contributed by atoms with Crippen molar-refractivity contribution < 1.29 is 83.5 Å². The maximum Gasteiger partial charge on any atom is 0.328 e. The molecule has 0 unspecified atom stereocenters. The van der Waals surface area contributed by atoms with E-state index in [9.17, 15) is 54.3 Å². The number of piperidine rings is 2. The molecule has 0 saturated carbocycles. The highest BCUT2D eigenvalue weighted by Gasteiger charge is 2.73.